The Labute approximate surface area is 316 Å². The molecule has 0 amide bonds. The second kappa shape index (κ2) is 11.8. The van der Waals surface area contributed by atoms with Crippen molar-refractivity contribution in [2.24, 2.45) is 0 Å². The number of hydrogen-bond donors (Lipinski definition) is 0. The molecule has 0 saturated carbocycles. The van der Waals surface area contributed by atoms with Crippen molar-refractivity contribution in [3.8, 4) is 5.69 Å². The van der Waals surface area contributed by atoms with Gasteiger partial charge in [-0.05, 0) is 35.2 Å². The summed E-state index contributed by atoms with van der Waals surface area (Å²) in [6.45, 7) is 1.80. The van der Waals surface area contributed by atoms with Crippen molar-refractivity contribution in [3.05, 3.63) is 29.8 Å². The van der Waals surface area contributed by atoms with Gasteiger partial charge in [0.2, 0.25) is 0 Å². The fraction of sp³-hybridized carbons (Fsp3) is 0.0323. The Balaban J connectivity index is 1.82. The predicted octanol–water partition coefficient (Wildman–Crippen LogP) is -10.7. The third-order valence-electron chi connectivity index (χ3n) is 9.59. The van der Waals surface area contributed by atoms with Crippen LogP contribution in [-0.4, -0.2) is 135 Å². The number of benzene rings is 5. The average molecular weight is 634 g/mol. The van der Waals surface area contributed by atoms with E-state index in [4.69, 9.17) is 118 Å². The lowest BCUT2D eigenvalue weighted by molar-refractivity contribution is 0.590. The van der Waals surface area contributed by atoms with Gasteiger partial charge in [0.25, 0.3) is 10.0 Å². The van der Waals surface area contributed by atoms with E-state index in [0.29, 0.717) is 0 Å². The number of aromatic nitrogens is 2. The molecule has 51 heavy (non-hydrogen) atoms. The van der Waals surface area contributed by atoms with Crippen LogP contribution in [-0.2, 0) is 10.0 Å². The molecule has 7 aromatic rings. The van der Waals surface area contributed by atoms with E-state index in [9.17, 15) is 8.42 Å². The minimum Gasteiger partial charge on any atom is -0.312 e. The molecule has 20 heteroatoms. The summed E-state index contributed by atoms with van der Waals surface area (Å²) in [6.07, 6.45) is 0. The van der Waals surface area contributed by atoms with Crippen LogP contribution in [0.3, 0.4) is 0 Å². The van der Waals surface area contributed by atoms with Crippen LogP contribution in [0.1, 0.15) is 5.56 Å². The Bertz CT molecular complexity index is 2800. The van der Waals surface area contributed by atoms with Gasteiger partial charge >= 0.3 is 0 Å². The lowest BCUT2D eigenvalue weighted by Gasteiger charge is -2.24. The van der Waals surface area contributed by atoms with Crippen molar-refractivity contribution in [2.75, 3.05) is 0 Å². The Hall–Kier alpha value is -3.38. The van der Waals surface area contributed by atoms with Gasteiger partial charge in [-0.15, -0.1) is 32.8 Å². The first kappa shape index (κ1) is 36.0. The molecule has 30 radical (unpaired) electrons. The summed E-state index contributed by atoms with van der Waals surface area (Å²) in [5, 5.41) is 0.419. The van der Waals surface area contributed by atoms with Gasteiger partial charge in [0, 0.05) is 22.1 Å². The fourth-order valence-corrected chi connectivity index (χ4v) is 8.42. The van der Waals surface area contributed by atoms with Gasteiger partial charge in [-0.25, -0.2) is 12.4 Å². The highest BCUT2D eigenvalue weighted by molar-refractivity contribution is 7.90. The summed E-state index contributed by atoms with van der Waals surface area (Å²) in [4.78, 5) is -0.115. The first-order valence-corrected chi connectivity index (χ1v) is 16.4. The van der Waals surface area contributed by atoms with E-state index in [1.54, 1.807) is 19.1 Å². The van der Waals surface area contributed by atoms with Gasteiger partial charge in [0.05, 0.1) is 15.9 Å². The normalized spacial score (nSPS) is 12.2. The van der Waals surface area contributed by atoms with Gasteiger partial charge in [-0.2, -0.15) is 0 Å². The second-order valence-electron chi connectivity index (χ2n) is 12.4. The number of hydrogen-bond acceptors (Lipinski definition) is 2. The van der Waals surface area contributed by atoms with Crippen molar-refractivity contribution < 1.29 is 8.42 Å². The number of rotatable bonds is 3. The zero-order valence-corrected chi connectivity index (χ0v) is 27.9. The maximum atomic E-state index is 14.6. The minimum absolute atomic E-state index is 0.00166. The van der Waals surface area contributed by atoms with Crippen molar-refractivity contribution in [2.45, 2.75) is 11.8 Å². The molecule has 0 bridgehead atoms. The van der Waals surface area contributed by atoms with Crippen molar-refractivity contribution in [3.63, 3.8) is 0 Å². The van der Waals surface area contributed by atoms with Crippen LogP contribution in [0.4, 0.5) is 0 Å². The second-order valence-corrected chi connectivity index (χ2v) is 14.2. The maximum absolute atomic E-state index is 14.6. The zero-order valence-electron chi connectivity index (χ0n) is 27.1. The molecule has 0 fully saturated rings. The molecular formula is C31H7B15N2O2S. The highest BCUT2D eigenvalue weighted by Crippen LogP contribution is 2.31. The van der Waals surface area contributed by atoms with E-state index in [1.165, 1.54) is 16.7 Å². The standard InChI is InChI=1S/C31H7B15N2O2S/c1-6-2-4-7(5-3-6)51(49,50)48-29-10(14(34)18(38)21(41)24(29)44)11-15(35)31(26(46)25(45)30(11)48)47-27-8(12(32)16(36)19(39)22(27)42)9-13(33)17(37)20(40)23(43)28(9)47/h2-5H,1H3. The summed E-state index contributed by atoms with van der Waals surface area (Å²) in [5.74, 6) is 0. The van der Waals surface area contributed by atoms with Gasteiger partial charge in [0.15, 0.2) is 0 Å². The SMILES string of the molecule is [B]c1c([B])c([B])c2c(c1[B])c1c([B])c([B])c([B])c([B])c1n2-c1c([B])c([B])c2c(c1[B])c1c([B])c([B])c([B])c([B])c1n2S(=O)(=O)c1ccc(C)cc1. The Morgan fingerprint density at radius 1 is 0.392 bits per heavy atom. The summed E-state index contributed by atoms with van der Waals surface area (Å²) in [6, 6.07) is 6.09. The van der Waals surface area contributed by atoms with E-state index < -0.39 is 10.0 Å². The summed E-state index contributed by atoms with van der Waals surface area (Å²) < 4.78 is 31.5. The molecule has 0 unspecified atom stereocenters. The van der Waals surface area contributed by atoms with Crippen LogP contribution in [0.15, 0.2) is 29.2 Å². The monoisotopic (exact) mass is 636 g/mol. The van der Waals surface area contributed by atoms with Crippen molar-refractivity contribution in [1.82, 2.24) is 8.54 Å². The Morgan fingerprint density at radius 3 is 1.12 bits per heavy atom. The molecule has 0 aliphatic carbocycles. The van der Waals surface area contributed by atoms with Crippen molar-refractivity contribution >= 4 is 253 Å². The Kier molecular flexibility index (Phi) is 8.34. The van der Waals surface area contributed by atoms with Gasteiger partial charge in [-0.1, -0.05) is 66.9 Å². The molecule has 0 N–H and O–H groups in total. The van der Waals surface area contributed by atoms with E-state index in [-0.39, 0.29) is 136 Å². The molecule has 0 spiro atoms. The molecule has 0 atom stereocenters. The highest BCUT2D eigenvalue weighted by atomic mass is 32.2. The van der Waals surface area contributed by atoms with Crippen LogP contribution in [0.25, 0.3) is 49.3 Å². The van der Waals surface area contributed by atoms with Crippen LogP contribution < -0.4 is 81.9 Å². The first-order chi connectivity index (χ1) is 23.8. The molecule has 2 heterocycles. The third kappa shape index (κ3) is 4.56. The maximum Gasteiger partial charge on any atom is 0.268 e. The molecule has 0 aliphatic rings. The molecule has 7 rings (SSSR count). The van der Waals surface area contributed by atoms with Gasteiger partial charge < -0.3 is 4.57 Å². The third-order valence-corrected chi connectivity index (χ3v) is 11.3. The lowest BCUT2D eigenvalue weighted by atomic mass is 9.63. The zero-order chi connectivity index (χ0) is 37.5. The number of aryl methyl sites for hydroxylation is 1. The molecule has 2 aromatic heterocycles. The highest BCUT2D eigenvalue weighted by Gasteiger charge is 2.31. The fourth-order valence-electron chi connectivity index (χ4n) is 6.87. The van der Waals surface area contributed by atoms with Crippen LogP contribution in [0.2, 0.25) is 0 Å². The average Bonchev–Trinajstić information content (AvgIpc) is 3.65. The molecule has 0 aliphatic heterocycles. The predicted molar refractivity (Wildman–Crippen MR) is 228 cm³/mol. The van der Waals surface area contributed by atoms with Crippen LogP contribution in [0, 0.1) is 6.92 Å². The number of fused-ring (bicyclic) bond motifs is 6. The van der Waals surface area contributed by atoms with E-state index in [2.05, 4.69) is 0 Å². The summed E-state index contributed by atoms with van der Waals surface area (Å²) >= 11 is 0. The minimum atomic E-state index is -4.52. The molecule has 204 valence electrons. The number of nitrogens with zero attached hydrogens (tertiary/aromatic N) is 2. The Morgan fingerprint density at radius 2 is 0.706 bits per heavy atom. The molecule has 0 saturated heterocycles. The molecular weight excluding hydrogens is 627 g/mol. The van der Waals surface area contributed by atoms with Gasteiger partial charge in [0.1, 0.15) is 118 Å². The topological polar surface area (TPSA) is 44.0 Å². The largest absolute Gasteiger partial charge is 0.312 e. The first-order valence-electron chi connectivity index (χ1n) is 15.0. The van der Waals surface area contributed by atoms with Crippen LogP contribution >= 0.6 is 0 Å². The smallest absolute Gasteiger partial charge is 0.268 e. The summed E-state index contributed by atoms with van der Waals surface area (Å²) in [5.41, 5.74) is -1.00. The van der Waals surface area contributed by atoms with Gasteiger partial charge in [-0.3, -0.25) is 0 Å². The lowest BCUT2D eigenvalue weighted by Crippen LogP contribution is -2.49. The van der Waals surface area contributed by atoms with E-state index in [0.717, 1.165) is 9.54 Å². The molecule has 4 nitrogen and oxygen atoms in total. The molecule has 5 aromatic carbocycles. The van der Waals surface area contributed by atoms with E-state index in [1.807, 2.05) is 0 Å². The van der Waals surface area contributed by atoms with E-state index >= 15 is 0 Å². The van der Waals surface area contributed by atoms with Crippen molar-refractivity contribution in [1.29, 1.82) is 0 Å². The summed E-state index contributed by atoms with van der Waals surface area (Å²) in [7, 11) is 93.6. The van der Waals surface area contributed by atoms with Crippen LogP contribution in [0.5, 0.6) is 0 Å². The quantitative estimate of drug-likeness (QED) is 0.182.